The molecular formula is C83H155NO8P+. The van der Waals surface area contributed by atoms with E-state index in [1.165, 1.54) is 283 Å². The van der Waals surface area contributed by atoms with E-state index >= 15 is 0 Å². The average Bonchev–Trinajstić information content (AvgIpc) is 2.02. The lowest BCUT2D eigenvalue weighted by Crippen LogP contribution is -2.37. The fourth-order valence-corrected chi connectivity index (χ4v) is 12.7. The van der Waals surface area contributed by atoms with Crippen LogP contribution >= 0.6 is 7.82 Å². The largest absolute Gasteiger partial charge is 0.472 e. The minimum atomic E-state index is -4.40. The molecule has 9 nitrogen and oxygen atoms in total. The van der Waals surface area contributed by atoms with Crippen LogP contribution in [0.2, 0.25) is 0 Å². The van der Waals surface area contributed by atoms with E-state index in [1.54, 1.807) is 0 Å². The number of carbonyl (C=O) groups excluding carboxylic acids is 2. The van der Waals surface area contributed by atoms with Crippen molar-refractivity contribution < 1.29 is 42.1 Å². The third-order valence-corrected chi connectivity index (χ3v) is 19.0. The summed E-state index contributed by atoms with van der Waals surface area (Å²) in [5, 5.41) is 0. The van der Waals surface area contributed by atoms with Gasteiger partial charge in [0.2, 0.25) is 0 Å². The van der Waals surface area contributed by atoms with E-state index in [4.69, 9.17) is 18.5 Å². The normalized spacial score (nSPS) is 13.4. The third kappa shape index (κ3) is 78.3. The first-order valence-electron chi connectivity index (χ1n) is 40.2. The van der Waals surface area contributed by atoms with Crippen molar-refractivity contribution in [2.75, 3.05) is 47.5 Å². The van der Waals surface area contributed by atoms with Gasteiger partial charge in [0.05, 0.1) is 27.7 Å². The van der Waals surface area contributed by atoms with Gasteiger partial charge in [-0.15, -0.1) is 0 Å². The summed E-state index contributed by atoms with van der Waals surface area (Å²) >= 11 is 0. The summed E-state index contributed by atoms with van der Waals surface area (Å²) in [6.45, 7) is 4.38. The molecule has 544 valence electrons. The number of phosphoric ester groups is 1. The van der Waals surface area contributed by atoms with E-state index in [-0.39, 0.29) is 25.6 Å². The Kier molecular flexibility index (Phi) is 71.7. The van der Waals surface area contributed by atoms with Gasteiger partial charge in [0.15, 0.2) is 6.10 Å². The number of ether oxygens (including phenoxy) is 2. The lowest BCUT2D eigenvalue weighted by Gasteiger charge is -2.24. The van der Waals surface area contributed by atoms with E-state index < -0.39 is 26.5 Å². The van der Waals surface area contributed by atoms with Gasteiger partial charge in [0.1, 0.15) is 19.8 Å². The third-order valence-electron chi connectivity index (χ3n) is 18.0. The molecule has 93 heavy (non-hydrogen) atoms. The average molecular weight is 1330 g/mol. The maximum Gasteiger partial charge on any atom is 0.472 e. The molecule has 2 unspecified atom stereocenters. The topological polar surface area (TPSA) is 108 Å². The molecule has 0 aliphatic rings. The first-order chi connectivity index (χ1) is 45.5. The maximum atomic E-state index is 12.9. The van der Waals surface area contributed by atoms with E-state index in [1.807, 2.05) is 21.1 Å². The van der Waals surface area contributed by atoms with Gasteiger partial charge in [-0.1, -0.05) is 389 Å². The zero-order chi connectivity index (χ0) is 67.6. The van der Waals surface area contributed by atoms with Gasteiger partial charge in [-0.2, -0.15) is 0 Å². The van der Waals surface area contributed by atoms with E-state index in [2.05, 4.69) is 86.8 Å². The van der Waals surface area contributed by atoms with Crippen LogP contribution in [0.5, 0.6) is 0 Å². The Morgan fingerprint density at radius 1 is 0.344 bits per heavy atom. The molecule has 2 atom stereocenters. The quantitative estimate of drug-likeness (QED) is 0.0211. The summed E-state index contributed by atoms with van der Waals surface area (Å²) in [4.78, 5) is 36.0. The molecule has 0 radical (unpaired) electrons. The summed E-state index contributed by atoms with van der Waals surface area (Å²) in [7, 11) is 1.49. The minimum absolute atomic E-state index is 0.0311. The summed E-state index contributed by atoms with van der Waals surface area (Å²) in [6.07, 6.45) is 101. The van der Waals surface area contributed by atoms with Gasteiger partial charge < -0.3 is 18.9 Å². The van der Waals surface area contributed by atoms with Crippen molar-refractivity contribution in [3.8, 4) is 0 Å². The fourth-order valence-electron chi connectivity index (χ4n) is 11.9. The zero-order valence-electron chi connectivity index (χ0n) is 62.3. The van der Waals surface area contributed by atoms with Crippen LogP contribution in [0.3, 0.4) is 0 Å². The van der Waals surface area contributed by atoms with Gasteiger partial charge in [0.25, 0.3) is 0 Å². The molecule has 0 saturated carbocycles. The smallest absolute Gasteiger partial charge is 0.462 e. The van der Waals surface area contributed by atoms with E-state index in [9.17, 15) is 19.0 Å². The zero-order valence-corrected chi connectivity index (χ0v) is 63.1. The van der Waals surface area contributed by atoms with Crippen LogP contribution in [0.15, 0.2) is 72.9 Å². The number of carbonyl (C=O) groups is 2. The molecule has 1 N–H and O–H groups in total. The maximum absolute atomic E-state index is 12.9. The van der Waals surface area contributed by atoms with Crippen LogP contribution < -0.4 is 0 Å². The summed E-state index contributed by atoms with van der Waals surface area (Å²) in [5.74, 6) is -0.783. The molecule has 0 aromatic heterocycles. The number of nitrogens with zero attached hydrogens (tertiary/aromatic N) is 1. The molecule has 10 heteroatoms. The summed E-state index contributed by atoms with van der Waals surface area (Å²) in [6, 6.07) is 0. The molecule has 0 amide bonds. The SMILES string of the molecule is CC/C=C\C/C=C\C/C=C\C/C=C\C/C=C\C/C=C\CCCCCCCCCCCCCCC(=O)OC(COC(=O)CCCCCCCCCCCCCCCCCCCCCCCCCCCCCCCCCCCCCCCC)COP(=O)(O)OCC[N+](C)(C)C. The standard InChI is InChI=1S/C83H154NO8P/c1-6-8-10-12-14-16-18-20-22-24-26-28-30-32-34-36-38-39-40-41-42-43-44-46-47-49-51-53-55-57-59-61-63-65-67-69-71-73-75-82(85)89-79-81(80-91-93(87,88)90-78-77-84(3,4)5)92-83(86)76-74-72-70-68-66-64-62-60-58-56-54-52-50-48-45-37-35-33-31-29-27-25-23-21-19-17-15-13-11-9-7-2/h9,11,15,17,21,23,27,29,33,35,45,48,81H,6-8,10,12-14,16,18-20,22,24-26,28,30-32,34,36-44,46-47,49-80H2,1-5H3/p+1/b11-9-,17-15-,23-21-,29-27-,35-33-,48-45-. The van der Waals surface area contributed by atoms with Crippen LogP contribution in [0.1, 0.15) is 393 Å². The van der Waals surface area contributed by atoms with Gasteiger partial charge in [0, 0.05) is 12.8 Å². The number of hydrogen-bond donors (Lipinski definition) is 1. The molecule has 0 aromatic carbocycles. The number of likely N-dealkylation sites (N-methyl/N-ethyl adjacent to an activating group) is 1. The fraction of sp³-hybridized carbons (Fsp3) is 0.831. The molecule has 0 fully saturated rings. The van der Waals surface area contributed by atoms with Crippen molar-refractivity contribution in [2.24, 2.45) is 0 Å². The Bertz CT molecular complexity index is 1800. The Hall–Kier alpha value is -2.55. The number of unbranched alkanes of at least 4 members (excludes halogenated alkanes) is 49. The minimum Gasteiger partial charge on any atom is -0.462 e. The second-order valence-electron chi connectivity index (χ2n) is 28.4. The second kappa shape index (κ2) is 73.7. The Labute approximate surface area is 578 Å². The first kappa shape index (κ1) is 90.5. The van der Waals surface area contributed by atoms with Crippen LogP contribution in [0.4, 0.5) is 0 Å². The van der Waals surface area contributed by atoms with Gasteiger partial charge in [-0.05, 0) is 64.2 Å². The monoisotopic (exact) mass is 1330 g/mol. The lowest BCUT2D eigenvalue weighted by molar-refractivity contribution is -0.870. The molecule has 0 aliphatic heterocycles. The molecule has 0 heterocycles. The first-order valence-corrected chi connectivity index (χ1v) is 41.7. The summed E-state index contributed by atoms with van der Waals surface area (Å²) in [5.41, 5.74) is 0. The van der Waals surface area contributed by atoms with Crippen molar-refractivity contribution in [1.29, 1.82) is 0 Å². The summed E-state index contributed by atoms with van der Waals surface area (Å²) < 4.78 is 34.8. The number of quaternary nitrogens is 1. The van der Waals surface area contributed by atoms with Crippen molar-refractivity contribution in [1.82, 2.24) is 0 Å². The number of phosphoric acid groups is 1. The molecule has 0 rings (SSSR count). The van der Waals surface area contributed by atoms with E-state index in [0.29, 0.717) is 23.9 Å². The molecule has 0 spiro atoms. The van der Waals surface area contributed by atoms with Crippen molar-refractivity contribution in [3.05, 3.63) is 72.9 Å². The highest BCUT2D eigenvalue weighted by Crippen LogP contribution is 2.43. The number of esters is 2. The van der Waals surface area contributed by atoms with Crippen LogP contribution in [-0.4, -0.2) is 74.9 Å². The van der Waals surface area contributed by atoms with Crippen molar-refractivity contribution >= 4 is 19.8 Å². The van der Waals surface area contributed by atoms with E-state index in [0.717, 1.165) is 77.0 Å². The van der Waals surface area contributed by atoms with Crippen LogP contribution in [-0.2, 0) is 32.7 Å². The highest BCUT2D eigenvalue weighted by atomic mass is 31.2. The van der Waals surface area contributed by atoms with Crippen molar-refractivity contribution in [3.63, 3.8) is 0 Å². The lowest BCUT2D eigenvalue weighted by atomic mass is 10.0. The van der Waals surface area contributed by atoms with Crippen LogP contribution in [0.25, 0.3) is 0 Å². The highest BCUT2D eigenvalue weighted by Gasteiger charge is 2.27. The predicted octanol–water partition coefficient (Wildman–Crippen LogP) is 26.7. The Morgan fingerprint density at radius 2 is 0.613 bits per heavy atom. The molecule has 0 bridgehead atoms. The molecule has 0 saturated heterocycles. The number of allylic oxidation sites excluding steroid dienone is 12. The second-order valence-corrected chi connectivity index (χ2v) is 29.9. The van der Waals surface area contributed by atoms with Gasteiger partial charge in [-0.3, -0.25) is 18.6 Å². The van der Waals surface area contributed by atoms with Gasteiger partial charge in [-0.25, -0.2) is 4.57 Å². The number of rotatable bonds is 75. The Balaban J connectivity index is 3.92. The highest BCUT2D eigenvalue weighted by molar-refractivity contribution is 7.47. The molecule has 0 aromatic rings. The van der Waals surface area contributed by atoms with Crippen molar-refractivity contribution in [2.45, 2.75) is 399 Å². The van der Waals surface area contributed by atoms with Crippen LogP contribution in [0, 0.1) is 0 Å². The number of hydrogen-bond acceptors (Lipinski definition) is 7. The molecule has 0 aliphatic carbocycles. The van der Waals surface area contributed by atoms with Gasteiger partial charge >= 0.3 is 19.8 Å². The molecular weight excluding hydrogens is 1170 g/mol. The predicted molar refractivity (Wildman–Crippen MR) is 404 cm³/mol. The Morgan fingerprint density at radius 3 is 0.914 bits per heavy atom.